The fraction of sp³-hybridized carbons (Fsp3) is 0.444. The molecule has 0 fully saturated rings. The average Bonchev–Trinajstić information content (AvgIpc) is 2.97. The van der Waals surface area contributed by atoms with E-state index in [-0.39, 0.29) is 17.0 Å². The van der Waals surface area contributed by atoms with Crippen LogP contribution in [0.15, 0.2) is 23.6 Å². The normalized spacial score (nSPS) is 15.3. The van der Waals surface area contributed by atoms with E-state index < -0.39 is 27.2 Å². The summed E-state index contributed by atoms with van der Waals surface area (Å²) in [5.41, 5.74) is 1.24. The van der Waals surface area contributed by atoms with Crippen molar-refractivity contribution in [2.45, 2.75) is 45.2 Å². The molecule has 2 N–H and O–H groups in total. The summed E-state index contributed by atoms with van der Waals surface area (Å²) in [5.74, 6) is -0.533. The second kappa shape index (κ2) is 8.07. The lowest BCUT2D eigenvalue weighted by atomic mass is 9.77. The molecule has 0 saturated heterocycles. The van der Waals surface area contributed by atoms with Crippen LogP contribution in [0, 0.1) is 5.41 Å². The van der Waals surface area contributed by atoms with Crippen molar-refractivity contribution in [3.8, 4) is 0 Å². The largest absolute Gasteiger partial charge is 0.462 e. The van der Waals surface area contributed by atoms with Crippen LogP contribution in [0.2, 0.25) is 0 Å². The topological polar surface area (TPSA) is 127 Å². The van der Waals surface area contributed by atoms with Crippen molar-refractivity contribution in [2.75, 3.05) is 11.9 Å². The summed E-state index contributed by atoms with van der Waals surface area (Å²) in [5, 5.41) is 2.24. The molecule has 0 aliphatic heterocycles. The number of anilines is 1. The number of sulfonamides is 1. The fourth-order valence-corrected chi connectivity index (χ4v) is 5.41. The molecule has 11 heteroatoms. The summed E-state index contributed by atoms with van der Waals surface area (Å²) in [4.78, 5) is 33.2. The first-order valence-corrected chi connectivity index (χ1v) is 11.4. The summed E-state index contributed by atoms with van der Waals surface area (Å²) in [6, 6.07) is 0.461. The van der Waals surface area contributed by atoms with Gasteiger partial charge in [-0.3, -0.25) is 5.32 Å². The zero-order valence-electron chi connectivity index (χ0n) is 16.3. The maximum absolute atomic E-state index is 12.5. The number of urea groups is 1. The van der Waals surface area contributed by atoms with Gasteiger partial charge in [0.15, 0.2) is 0 Å². The van der Waals surface area contributed by atoms with Gasteiger partial charge in [-0.2, -0.15) is 8.42 Å². The Balaban J connectivity index is 1.87. The van der Waals surface area contributed by atoms with Gasteiger partial charge in [-0.25, -0.2) is 24.3 Å². The van der Waals surface area contributed by atoms with Crippen LogP contribution < -0.4 is 10.0 Å². The molecule has 3 rings (SSSR count). The Morgan fingerprint density at radius 3 is 2.62 bits per heavy atom. The molecule has 2 heterocycles. The standard InChI is InChI=1S/C18H22N4O5S2/c1-4-27-15(23)13-11-6-7-18(2,3)10-12(11)28-14(13)21-16(24)22-29(25,26)17-19-8-5-9-20-17/h5,8-9H,4,6-7,10H2,1-3H3,(H2,21,22,24). The van der Waals surface area contributed by atoms with Crippen LogP contribution in [0.25, 0.3) is 0 Å². The highest BCUT2D eigenvalue weighted by Crippen LogP contribution is 2.44. The number of thiophene rings is 1. The van der Waals surface area contributed by atoms with Gasteiger partial charge in [-0.05, 0) is 43.2 Å². The Bertz CT molecular complexity index is 1030. The molecule has 1 aliphatic rings. The number of esters is 1. The first kappa shape index (κ1) is 21.2. The number of carbonyl (C=O) groups is 2. The van der Waals surface area contributed by atoms with Crippen LogP contribution in [0.1, 0.15) is 48.0 Å². The van der Waals surface area contributed by atoms with Gasteiger partial charge in [0.25, 0.3) is 5.16 Å². The SMILES string of the molecule is CCOC(=O)c1c(NC(=O)NS(=O)(=O)c2ncccn2)sc2c1CCC(C)(C)C2. The third kappa shape index (κ3) is 4.73. The summed E-state index contributed by atoms with van der Waals surface area (Å²) in [7, 11) is -4.24. The second-order valence-corrected chi connectivity index (χ2v) is 10.0. The molecule has 9 nitrogen and oxygen atoms in total. The van der Waals surface area contributed by atoms with Gasteiger partial charge in [0.05, 0.1) is 12.2 Å². The molecule has 2 aromatic heterocycles. The average molecular weight is 439 g/mol. The minimum Gasteiger partial charge on any atom is -0.462 e. The van der Waals surface area contributed by atoms with Crippen LogP contribution >= 0.6 is 11.3 Å². The van der Waals surface area contributed by atoms with E-state index in [9.17, 15) is 18.0 Å². The van der Waals surface area contributed by atoms with E-state index in [4.69, 9.17) is 4.74 Å². The molecule has 0 saturated carbocycles. The number of hydrogen-bond donors (Lipinski definition) is 2. The maximum Gasteiger partial charge on any atom is 0.341 e. The lowest BCUT2D eigenvalue weighted by molar-refractivity contribution is 0.0526. The van der Waals surface area contributed by atoms with E-state index in [1.807, 2.05) is 4.72 Å². The first-order valence-electron chi connectivity index (χ1n) is 9.05. The third-order valence-corrected chi connectivity index (χ3v) is 6.79. The number of rotatable bonds is 5. The molecular weight excluding hydrogens is 416 g/mol. The minimum absolute atomic E-state index is 0.0807. The van der Waals surface area contributed by atoms with Gasteiger partial charge in [0.2, 0.25) is 0 Å². The van der Waals surface area contributed by atoms with Crippen molar-refractivity contribution < 1.29 is 22.7 Å². The minimum atomic E-state index is -4.24. The Morgan fingerprint density at radius 2 is 1.97 bits per heavy atom. The number of fused-ring (bicyclic) bond motifs is 1. The smallest absolute Gasteiger partial charge is 0.341 e. The predicted octanol–water partition coefficient (Wildman–Crippen LogP) is 2.74. The Kier molecular flexibility index (Phi) is 5.90. The molecule has 29 heavy (non-hydrogen) atoms. The molecule has 0 spiro atoms. The van der Waals surface area contributed by atoms with Gasteiger partial charge < -0.3 is 4.74 Å². The van der Waals surface area contributed by atoms with Crippen molar-refractivity contribution in [2.24, 2.45) is 5.41 Å². The zero-order chi connectivity index (χ0) is 21.2. The summed E-state index contributed by atoms with van der Waals surface area (Å²) < 4.78 is 31.5. The van der Waals surface area contributed by atoms with Crippen molar-refractivity contribution in [3.05, 3.63) is 34.5 Å². The Labute approximate surface area is 173 Å². The number of aromatic nitrogens is 2. The van der Waals surface area contributed by atoms with Gasteiger partial charge >= 0.3 is 22.0 Å². The molecule has 1 aliphatic carbocycles. The molecule has 0 bridgehead atoms. The monoisotopic (exact) mass is 438 g/mol. The number of amides is 2. The molecule has 156 valence electrons. The lowest BCUT2D eigenvalue weighted by Gasteiger charge is -2.29. The lowest BCUT2D eigenvalue weighted by Crippen LogP contribution is -2.35. The molecule has 0 atom stereocenters. The summed E-state index contributed by atoms with van der Waals surface area (Å²) in [6.45, 7) is 6.18. The van der Waals surface area contributed by atoms with E-state index in [1.54, 1.807) is 6.92 Å². The number of hydrogen-bond acceptors (Lipinski definition) is 8. The quantitative estimate of drug-likeness (QED) is 0.543. The van der Waals surface area contributed by atoms with Crippen LogP contribution in [0.5, 0.6) is 0 Å². The number of carbonyl (C=O) groups excluding carboxylic acids is 2. The Hall–Kier alpha value is -2.53. The molecular formula is C18H22N4O5S2. The van der Waals surface area contributed by atoms with Gasteiger partial charge in [-0.15, -0.1) is 11.3 Å². The predicted molar refractivity (Wildman–Crippen MR) is 107 cm³/mol. The highest BCUT2D eigenvalue weighted by atomic mass is 32.2. The third-order valence-electron chi connectivity index (χ3n) is 4.50. The van der Waals surface area contributed by atoms with Gasteiger partial charge in [0.1, 0.15) is 5.00 Å². The van der Waals surface area contributed by atoms with E-state index in [1.165, 1.54) is 29.8 Å². The van der Waals surface area contributed by atoms with Gasteiger partial charge in [0, 0.05) is 17.3 Å². The second-order valence-electron chi connectivity index (χ2n) is 7.36. The van der Waals surface area contributed by atoms with E-state index >= 15 is 0 Å². The van der Waals surface area contributed by atoms with E-state index in [2.05, 4.69) is 29.1 Å². The van der Waals surface area contributed by atoms with Crippen LogP contribution in [0.3, 0.4) is 0 Å². The van der Waals surface area contributed by atoms with Crippen LogP contribution in [0.4, 0.5) is 9.80 Å². The molecule has 0 aromatic carbocycles. The van der Waals surface area contributed by atoms with Crippen molar-refractivity contribution in [1.82, 2.24) is 14.7 Å². The zero-order valence-corrected chi connectivity index (χ0v) is 17.9. The van der Waals surface area contributed by atoms with Crippen LogP contribution in [-0.2, 0) is 27.6 Å². The number of ether oxygens (including phenoxy) is 1. The summed E-state index contributed by atoms with van der Waals surface area (Å²) in [6.07, 6.45) is 4.86. The summed E-state index contributed by atoms with van der Waals surface area (Å²) >= 11 is 1.27. The Morgan fingerprint density at radius 1 is 1.28 bits per heavy atom. The maximum atomic E-state index is 12.5. The number of nitrogens with zero attached hydrogens (tertiary/aromatic N) is 2. The van der Waals surface area contributed by atoms with Crippen molar-refractivity contribution in [3.63, 3.8) is 0 Å². The first-order chi connectivity index (χ1) is 13.6. The molecule has 2 aromatic rings. The van der Waals surface area contributed by atoms with Crippen molar-refractivity contribution >= 4 is 38.4 Å². The highest BCUT2D eigenvalue weighted by Gasteiger charge is 2.33. The molecule has 0 unspecified atom stereocenters. The van der Waals surface area contributed by atoms with Gasteiger partial charge in [-0.1, -0.05) is 13.8 Å². The number of nitrogens with one attached hydrogen (secondary N) is 2. The van der Waals surface area contributed by atoms with E-state index in [0.29, 0.717) is 12.0 Å². The fourth-order valence-electron chi connectivity index (χ4n) is 3.13. The van der Waals surface area contributed by atoms with Crippen LogP contribution in [-0.4, -0.2) is 37.0 Å². The van der Waals surface area contributed by atoms with Crippen molar-refractivity contribution in [1.29, 1.82) is 0 Å². The molecule has 2 amide bonds. The van der Waals surface area contributed by atoms with E-state index in [0.717, 1.165) is 23.3 Å². The highest BCUT2D eigenvalue weighted by molar-refractivity contribution is 7.89. The molecule has 0 radical (unpaired) electrons.